The topological polar surface area (TPSA) is 32.5 Å². The van der Waals surface area contributed by atoms with Gasteiger partial charge in [-0.3, -0.25) is 9.80 Å². The molecule has 0 spiro atoms. The molecule has 2 aliphatic rings. The maximum Gasteiger partial charge on any atom is 0.0238 e. The normalized spacial score (nSPS) is 29.4. The van der Waals surface area contributed by atoms with Crippen molar-refractivity contribution in [3.05, 3.63) is 0 Å². The van der Waals surface area contributed by atoms with E-state index >= 15 is 0 Å². The van der Waals surface area contributed by atoms with E-state index in [1.807, 2.05) is 0 Å². The minimum absolute atomic E-state index is 0.241. The Morgan fingerprint density at radius 3 is 2.53 bits per heavy atom. The van der Waals surface area contributed by atoms with Crippen LogP contribution in [0.1, 0.15) is 53.4 Å². The Labute approximate surface area is 119 Å². The molecule has 19 heavy (non-hydrogen) atoms. The second kappa shape index (κ2) is 6.11. The molecule has 0 radical (unpaired) electrons. The number of hydrogen-bond acceptors (Lipinski definition) is 3. The zero-order valence-corrected chi connectivity index (χ0v) is 13.4. The van der Waals surface area contributed by atoms with Crippen molar-refractivity contribution in [1.29, 1.82) is 0 Å². The molecule has 0 aromatic rings. The van der Waals surface area contributed by atoms with Gasteiger partial charge in [-0.2, -0.15) is 0 Å². The Balaban J connectivity index is 1.95. The molecule has 0 aromatic heterocycles. The average Bonchev–Trinajstić information content (AvgIpc) is 3.12. The van der Waals surface area contributed by atoms with Gasteiger partial charge in [-0.15, -0.1) is 0 Å². The summed E-state index contributed by atoms with van der Waals surface area (Å²) in [5.74, 6) is 0. The molecule has 0 amide bonds. The number of hydrogen-bond donors (Lipinski definition) is 1. The molecular formula is C16H33N3. The van der Waals surface area contributed by atoms with Crippen LogP contribution in [-0.2, 0) is 0 Å². The Morgan fingerprint density at radius 1 is 1.32 bits per heavy atom. The molecule has 112 valence electrons. The van der Waals surface area contributed by atoms with E-state index in [2.05, 4.69) is 37.5 Å². The first-order valence-electron chi connectivity index (χ1n) is 8.16. The van der Waals surface area contributed by atoms with Gasteiger partial charge in [0.2, 0.25) is 0 Å². The van der Waals surface area contributed by atoms with E-state index in [1.165, 1.54) is 38.8 Å². The monoisotopic (exact) mass is 267 g/mol. The van der Waals surface area contributed by atoms with E-state index in [0.29, 0.717) is 0 Å². The highest BCUT2D eigenvalue weighted by Crippen LogP contribution is 2.35. The summed E-state index contributed by atoms with van der Waals surface area (Å²) >= 11 is 0. The first-order valence-corrected chi connectivity index (χ1v) is 8.16. The first kappa shape index (κ1) is 15.3. The highest BCUT2D eigenvalue weighted by molar-refractivity contribution is 4.97. The molecule has 1 aliphatic heterocycles. The molecule has 1 saturated carbocycles. The molecule has 2 N–H and O–H groups in total. The summed E-state index contributed by atoms with van der Waals surface area (Å²) in [5.41, 5.74) is 6.17. The lowest BCUT2D eigenvalue weighted by Crippen LogP contribution is -2.45. The average molecular weight is 267 g/mol. The zero-order chi connectivity index (χ0) is 14.0. The van der Waals surface area contributed by atoms with Crippen molar-refractivity contribution in [2.75, 3.05) is 26.2 Å². The van der Waals surface area contributed by atoms with E-state index < -0.39 is 0 Å². The van der Waals surface area contributed by atoms with Crippen LogP contribution in [0.3, 0.4) is 0 Å². The maximum atomic E-state index is 5.93. The molecular weight excluding hydrogens is 234 g/mol. The quantitative estimate of drug-likeness (QED) is 0.768. The van der Waals surface area contributed by atoms with Gasteiger partial charge in [0.1, 0.15) is 0 Å². The van der Waals surface area contributed by atoms with Gasteiger partial charge in [0.05, 0.1) is 0 Å². The summed E-state index contributed by atoms with van der Waals surface area (Å²) in [7, 11) is 0. The molecule has 2 unspecified atom stereocenters. The summed E-state index contributed by atoms with van der Waals surface area (Å²) in [6.45, 7) is 13.7. The fourth-order valence-electron chi connectivity index (χ4n) is 3.50. The van der Waals surface area contributed by atoms with Crippen molar-refractivity contribution < 1.29 is 0 Å². The van der Waals surface area contributed by atoms with Crippen LogP contribution in [0.25, 0.3) is 0 Å². The van der Waals surface area contributed by atoms with Crippen molar-refractivity contribution >= 4 is 0 Å². The van der Waals surface area contributed by atoms with Crippen LogP contribution in [0.15, 0.2) is 0 Å². The minimum Gasteiger partial charge on any atom is -0.330 e. The highest BCUT2D eigenvalue weighted by atomic mass is 15.3. The molecule has 2 fully saturated rings. The van der Waals surface area contributed by atoms with Gasteiger partial charge in [-0.05, 0) is 51.1 Å². The van der Waals surface area contributed by atoms with Crippen molar-refractivity contribution in [3.63, 3.8) is 0 Å². The van der Waals surface area contributed by atoms with Gasteiger partial charge in [0, 0.05) is 31.2 Å². The largest absolute Gasteiger partial charge is 0.330 e. The second-order valence-corrected chi connectivity index (χ2v) is 7.51. The maximum absolute atomic E-state index is 5.93. The highest BCUT2D eigenvalue weighted by Gasteiger charge is 2.41. The number of likely N-dealkylation sites (tertiary alicyclic amines) is 1. The summed E-state index contributed by atoms with van der Waals surface area (Å²) < 4.78 is 0. The van der Waals surface area contributed by atoms with Crippen LogP contribution < -0.4 is 5.73 Å². The second-order valence-electron chi connectivity index (χ2n) is 7.51. The molecule has 2 rings (SSSR count). The lowest BCUT2D eigenvalue weighted by Gasteiger charge is -2.35. The van der Waals surface area contributed by atoms with Crippen LogP contribution in [0.5, 0.6) is 0 Å². The number of rotatable bonds is 7. The Bertz CT molecular complexity index is 286. The smallest absolute Gasteiger partial charge is 0.0238 e. The fourth-order valence-corrected chi connectivity index (χ4v) is 3.50. The van der Waals surface area contributed by atoms with Crippen molar-refractivity contribution in [2.45, 2.75) is 71.5 Å². The SMILES string of the molecule is CCCN(CC(C)(C)CN)C1CC(C)N(C2CC2)C1. The summed E-state index contributed by atoms with van der Waals surface area (Å²) in [6.07, 6.45) is 5.45. The van der Waals surface area contributed by atoms with Gasteiger partial charge in [-0.25, -0.2) is 0 Å². The summed E-state index contributed by atoms with van der Waals surface area (Å²) in [5, 5.41) is 0. The lowest BCUT2D eigenvalue weighted by molar-refractivity contribution is 0.131. The molecule has 1 saturated heterocycles. The van der Waals surface area contributed by atoms with E-state index in [1.54, 1.807) is 0 Å². The first-order chi connectivity index (χ1) is 8.96. The molecule has 0 bridgehead atoms. The van der Waals surface area contributed by atoms with Crippen molar-refractivity contribution in [1.82, 2.24) is 9.80 Å². The van der Waals surface area contributed by atoms with Crippen LogP contribution in [0.4, 0.5) is 0 Å². The Kier molecular flexibility index (Phi) is 4.91. The van der Waals surface area contributed by atoms with Gasteiger partial charge in [0.25, 0.3) is 0 Å². The van der Waals surface area contributed by atoms with Gasteiger partial charge in [-0.1, -0.05) is 20.8 Å². The molecule has 3 heteroatoms. The summed E-state index contributed by atoms with van der Waals surface area (Å²) in [6, 6.07) is 2.44. The fraction of sp³-hybridized carbons (Fsp3) is 1.00. The minimum atomic E-state index is 0.241. The summed E-state index contributed by atoms with van der Waals surface area (Å²) in [4.78, 5) is 5.47. The van der Waals surface area contributed by atoms with Crippen molar-refractivity contribution in [2.24, 2.45) is 11.1 Å². The standard InChI is InChI=1S/C16H33N3/c1-5-8-18(12-16(3,4)11-17)15-9-13(2)19(10-15)14-6-7-14/h13-15H,5-12,17H2,1-4H3. The van der Waals surface area contributed by atoms with Crippen LogP contribution in [0, 0.1) is 5.41 Å². The third-order valence-electron chi connectivity index (χ3n) is 4.83. The van der Waals surface area contributed by atoms with E-state index in [4.69, 9.17) is 5.73 Å². The van der Waals surface area contributed by atoms with Crippen molar-refractivity contribution in [3.8, 4) is 0 Å². The lowest BCUT2D eigenvalue weighted by atomic mass is 9.92. The number of nitrogens with zero attached hydrogens (tertiary/aromatic N) is 2. The Hall–Kier alpha value is -0.120. The van der Waals surface area contributed by atoms with E-state index in [0.717, 1.165) is 31.2 Å². The van der Waals surface area contributed by atoms with Gasteiger partial charge < -0.3 is 5.73 Å². The van der Waals surface area contributed by atoms with Crippen LogP contribution in [-0.4, -0.2) is 54.1 Å². The molecule has 2 atom stereocenters. The molecule has 1 heterocycles. The number of nitrogens with two attached hydrogens (primary N) is 1. The molecule has 0 aromatic carbocycles. The van der Waals surface area contributed by atoms with Gasteiger partial charge in [0.15, 0.2) is 0 Å². The van der Waals surface area contributed by atoms with Crippen LogP contribution in [0.2, 0.25) is 0 Å². The third-order valence-corrected chi connectivity index (χ3v) is 4.83. The molecule has 1 aliphatic carbocycles. The Morgan fingerprint density at radius 2 is 2.00 bits per heavy atom. The predicted octanol–water partition coefficient (Wildman–Crippen LogP) is 2.31. The van der Waals surface area contributed by atoms with E-state index in [9.17, 15) is 0 Å². The van der Waals surface area contributed by atoms with Gasteiger partial charge >= 0.3 is 0 Å². The zero-order valence-electron chi connectivity index (χ0n) is 13.4. The molecule has 3 nitrogen and oxygen atoms in total. The van der Waals surface area contributed by atoms with E-state index in [-0.39, 0.29) is 5.41 Å². The van der Waals surface area contributed by atoms with Crippen LogP contribution >= 0.6 is 0 Å². The third kappa shape index (κ3) is 3.93. The predicted molar refractivity (Wildman–Crippen MR) is 82.3 cm³/mol.